The third-order valence-electron chi connectivity index (χ3n) is 2.29. The van der Waals surface area contributed by atoms with Gasteiger partial charge in [0, 0.05) is 11.4 Å². The van der Waals surface area contributed by atoms with Crippen LogP contribution >= 0.6 is 27.3 Å². The maximum atomic E-state index is 11.9. The maximum absolute atomic E-state index is 11.9. The van der Waals surface area contributed by atoms with E-state index in [2.05, 4.69) is 20.7 Å². The summed E-state index contributed by atoms with van der Waals surface area (Å²) in [6, 6.07) is 13.0. The lowest BCUT2D eigenvalue weighted by atomic mass is 10.2. The van der Waals surface area contributed by atoms with Crippen LogP contribution in [0, 0.1) is 0 Å². The highest BCUT2D eigenvalue weighted by Gasteiger charge is 2.11. The van der Waals surface area contributed by atoms with E-state index in [9.17, 15) is 8.42 Å². The first-order chi connectivity index (χ1) is 8.55. The van der Waals surface area contributed by atoms with Gasteiger partial charge in [0.15, 0.2) is 0 Å². The molecule has 1 heterocycles. The van der Waals surface area contributed by atoms with Crippen LogP contribution in [-0.4, -0.2) is 8.42 Å². The fourth-order valence-corrected chi connectivity index (χ4v) is 4.10. The Bertz CT molecular complexity index is 608. The topological polar surface area (TPSA) is 46.2 Å². The monoisotopic (exact) mass is 345 g/mol. The summed E-state index contributed by atoms with van der Waals surface area (Å²) in [5.74, 6) is 0.0143. The van der Waals surface area contributed by atoms with Crippen molar-refractivity contribution >= 4 is 37.3 Å². The van der Waals surface area contributed by atoms with Gasteiger partial charge in [-0.15, -0.1) is 11.3 Å². The number of benzene rings is 1. The summed E-state index contributed by atoms with van der Waals surface area (Å²) in [5.41, 5.74) is 0.789. The van der Waals surface area contributed by atoms with E-state index < -0.39 is 10.0 Å². The summed E-state index contributed by atoms with van der Waals surface area (Å²) in [7, 11) is -3.28. The molecule has 2 rings (SSSR count). The molecule has 96 valence electrons. The quantitative estimate of drug-likeness (QED) is 0.904. The van der Waals surface area contributed by atoms with Crippen molar-refractivity contribution in [1.29, 1.82) is 0 Å². The summed E-state index contributed by atoms with van der Waals surface area (Å²) >= 11 is 4.87. The molecule has 0 spiro atoms. The van der Waals surface area contributed by atoms with Gasteiger partial charge < -0.3 is 0 Å². The molecule has 0 saturated heterocycles. The van der Waals surface area contributed by atoms with Crippen molar-refractivity contribution in [3.63, 3.8) is 0 Å². The molecular formula is C12H12BrNO2S2. The van der Waals surface area contributed by atoms with Gasteiger partial charge in [-0.3, -0.25) is 0 Å². The van der Waals surface area contributed by atoms with Crippen LogP contribution in [-0.2, 0) is 22.3 Å². The molecule has 3 nitrogen and oxygen atoms in total. The Labute approximate surface area is 119 Å². The Balaban J connectivity index is 1.96. The molecular weight excluding hydrogens is 334 g/mol. The highest BCUT2D eigenvalue weighted by Crippen LogP contribution is 2.22. The molecule has 0 radical (unpaired) electrons. The van der Waals surface area contributed by atoms with Crippen molar-refractivity contribution in [1.82, 2.24) is 4.72 Å². The standard InChI is InChI=1S/C12H12BrNO2S2/c13-12-7-6-11(17-12)8-14-18(15,16)9-10-4-2-1-3-5-10/h1-7,14H,8-9H2. The molecule has 0 fully saturated rings. The minimum absolute atomic E-state index is 0.0143. The second-order valence-electron chi connectivity index (χ2n) is 3.77. The van der Waals surface area contributed by atoms with Gasteiger partial charge in [-0.05, 0) is 33.6 Å². The number of rotatable bonds is 5. The van der Waals surface area contributed by atoms with E-state index in [1.54, 1.807) is 12.1 Å². The molecule has 0 aliphatic heterocycles. The molecule has 1 aromatic carbocycles. The predicted octanol–water partition coefficient (Wildman–Crippen LogP) is 3.13. The van der Waals surface area contributed by atoms with E-state index in [1.807, 2.05) is 30.3 Å². The van der Waals surface area contributed by atoms with Gasteiger partial charge in [0.1, 0.15) is 0 Å². The number of nitrogens with one attached hydrogen (secondary N) is 1. The van der Waals surface area contributed by atoms with Crippen LogP contribution in [0.4, 0.5) is 0 Å². The van der Waals surface area contributed by atoms with Crippen LogP contribution in [0.3, 0.4) is 0 Å². The Hall–Kier alpha value is -0.690. The SMILES string of the molecule is O=S(=O)(Cc1ccccc1)NCc1ccc(Br)s1. The number of hydrogen-bond donors (Lipinski definition) is 1. The van der Waals surface area contributed by atoms with E-state index in [-0.39, 0.29) is 5.75 Å². The Morgan fingerprint density at radius 3 is 2.44 bits per heavy atom. The largest absolute Gasteiger partial charge is 0.216 e. The first kappa shape index (κ1) is 13.7. The molecule has 0 unspecified atom stereocenters. The van der Waals surface area contributed by atoms with Gasteiger partial charge in [0.2, 0.25) is 10.0 Å². The zero-order valence-corrected chi connectivity index (χ0v) is 12.7. The summed E-state index contributed by atoms with van der Waals surface area (Å²) in [4.78, 5) is 0.985. The first-order valence-corrected chi connectivity index (χ1v) is 8.57. The fourth-order valence-electron chi connectivity index (χ4n) is 1.47. The predicted molar refractivity (Wildman–Crippen MR) is 77.9 cm³/mol. The minimum Gasteiger partial charge on any atom is -0.212 e. The molecule has 0 bridgehead atoms. The van der Waals surface area contributed by atoms with E-state index in [1.165, 1.54) is 11.3 Å². The van der Waals surface area contributed by atoms with Crippen LogP contribution in [0.25, 0.3) is 0 Å². The second-order valence-corrected chi connectivity index (χ2v) is 8.13. The normalized spacial score (nSPS) is 11.6. The third kappa shape index (κ3) is 4.20. The fraction of sp³-hybridized carbons (Fsp3) is 0.167. The lowest BCUT2D eigenvalue weighted by Crippen LogP contribution is -2.24. The van der Waals surface area contributed by atoms with Gasteiger partial charge in [0.05, 0.1) is 9.54 Å². The Morgan fingerprint density at radius 1 is 1.11 bits per heavy atom. The highest BCUT2D eigenvalue weighted by molar-refractivity contribution is 9.11. The van der Waals surface area contributed by atoms with E-state index in [0.29, 0.717) is 6.54 Å². The van der Waals surface area contributed by atoms with Gasteiger partial charge in [-0.2, -0.15) is 0 Å². The van der Waals surface area contributed by atoms with Crippen molar-refractivity contribution in [3.05, 3.63) is 56.7 Å². The molecule has 0 aliphatic rings. The smallest absolute Gasteiger partial charge is 0.212 e. The number of hydrogen-bond acceptors (Lipinski definition) is 3. The summed E-state index contributed by atoms with van der Waals surface area (Å²) in [6.07, 6.45) is 0. The zero-order chi connectivity index (χ0) is 13.0. The molecule has 1 N–H and O–H groups in total. The highest BCUT2D eigenvalue weighted by atomic mass is 79.9. The van der Waals surface area contributed by atoms with Gasteiger partial charge in [0.25, 0.3) is 0 Å². The van der Waals surface area contributed by atoms with Crippen molar-refractivity contribution < 1.29 is 8.42 Å². The van der Waals surface area contributed by atoms with E-state index >= 15 is 0 Å². The minimum atomic E-state index is -3.28. The Kier molecular flexibility index (Phi) is 4.55. The van der Waals surface area contributed by atoms with Crippen molar-refractivity contribution in [2.45, 2.75) is 12.3 Å². The molecule has 6 heteroatoms. The average Bonchev–Trinajstić information content (AvgIpc) is 2.74. The summed E-state index contributed by atoms with van der Waals surface area (Å²) in [6.45, 7) is 0.339. The lowest BCUT2D eigenvalue weighted by Gasteiger charge is -2.05. The van der Waals surface area contributed by atoms with Gasteiger partial charge in [-0.1, -0.05) is 30.3 Å². The van der Waals surface area contributed by atoms with Crippen LogP contribution in [0.15, 0.2) is 46.3 Å². The third-order valence-corrected chi connectivity index (χ3v) is 5.22. The van der Waals surface area contributed by atoms with Crippen LogP contribution < -0.4 is 4.72 Å². The average molecular weight is 346 g/mol. The maximum Gasteiger partial charge on any atom is 0.216 e. The molecule has 1 aromatic heterocycles. The van der Waals surface area contributed by atoms with Crippen LogP contribution in [0.2, 0.25) is 0 Å². The zero-order valence-electron chi connectivity index (χ0n) is 9.47. The lowest BCUT2D eigenvalue weighted by molar-refractivity contribution is 0.581. The molecule has 0 saturated carbocycles. The van der Waals surface area contributed by atoms with Crippen LogP contribution in [0.1, 0.15) is 10.4 Å². The van der Waals surface area contributed by atoms with Gasteiger partial charge in [-0.25, -0.2) is 13.1 Å². The summed E-state index contributed by atoms with van der Waals surface area (Å²) < 4.78 is 27.3. The molecule has 0 aliphatic carbocycles. The number of thiophene rings is 1. The summed E-state index contributed by atoms with van der Waals surface area (Å²) in [5, 5.41) is 0. The molecule has 0 atom stereocenters. The van der Waals surface area contributed by atoms with Gasteiger partial charge >= 0.3 is 0 Å². The molecule has 0 amide bonds. The van der Waals surface area contributed by atoms with E-state index in [4.69, 9.17) is 0 Å². The second kappa shape index (κ2) is 5.97. The molecule has 18 heavy (non-hydrogen) atoms. The van der Waals surface area contributed by atoms with Crippen LogP contribution in [0.5, 0.6) is 0 Å². The van der Waals surface area contributed by atoms with Crippen molar-refractivity contribution in [2.24, 2.45) is 0 Å². The number of sulfonamides is 1. The molecule has 2 aromatic rings. The van der Waals surface area contributed by atoms with Crippen molar-refractivity contribution in [2.75, 3.05) is 0 Å². The van der Waals surface area contributed by atoms with Crippen molar-refractivity contribution in [3.8, 4) is 0 Å². The van der Waals surface area contributed by atoms with E-state index in [0.717, 1.165) is 14.2 Å². The Morgan fingerprint density at radius 2 is 1.83 bits per heavy atom. The number of halogens is 1. The first-order valence-electron chi connectivity index (χ1n) is 5.31.